The second kappa shape index (κ2) is 6.63. The fraction of sp³-hybridized carbons (Fsp3) is 0.357. The number of unbranched alkanes of at least 4 members (excludes halogenated alkanes) is 1. The number of hydrogen-bond donors (Lipinski definition) is 0. The van der Waals surface area contributed by atoms with Crippen LogP contribution in [0.15, 0.2) is 41.8 Å². The van der Waals surface area contributed by atoms with E-state index in [1.54, 1.807) is 13.1 Å². The molecule has 4 nitrogen and oxygen atoms in total. The molecule has 0 aromatic heterocycles. The molecule has 1 aromatic rings. The van der Waals surface area contributed by atoms with Gasteiger partial charge in [-0.3, -0.25) is 4.79 Å². The third-order valence-corrected chi connectivity index (χ3v) is 4.72. The zero-order valence-electron chi connectivity index (χ0n) is 11.3. The number of allylic oxidation sites excluding steroid dienone is 1. The summed E-state index contributed by atoms with van der Waals surface area (Å²) in [6, 6.07) is 6.01. The molecule has 0 fully saturated rings. The number of carbonyl (C=O) groups excluding carboxylic acids is 1. The molecule has 5 heteroatoms. The van der Waals surface area contributed by atoms with Crippen LogP contribution < -0.4 is 0 Å². The van der Waals surface area contributed by atoms with Gasteiger partial charge in [-0.1, -0.05) is 18.2 Å². The van der Waals surface area contributed by atoms with Gasteiger partial charge in [0, 0.05) is 19.2 Å². The van der Waals surface area contributed by atoms with E-state index in [0.717, 1.165) is 12.8 Å². The van der Waals surface area contributed by atoms with Crippen molar-refractivity contribution in [2.45, 2.75) is 24.7 Å². The van der Waals surface area contributed by atoms with Crippen LogP contribution in [0.2, 0.25) is 0 Å². The predicted octanol–water partition coefficient (Wildman–Crippen LogP) is 2.48. The summed E-state index contributed by atoms with van der Waals surface area (Å²) in [4.78, 5) is 11.4. The molecule has 0 aliphatic heterocycles. The van der Waals surface area contributed by atoms with Gasteiger partial charge in [0.1, 0.15) is 0 Å². The predicted molar refractivity (Wildman–Crippen MR) is 75.7 cm³/mol. The molecule has 0 saturated heterocycles. The van der Waals surface area contributed by atoms with E-state index in [0.29, 0.717) is 12.1 Å². The van der Waals surface area contributed by atoms with E-state index in [1.807, 2.05) is 0 Å². The quantitative estimate of drug-likeness (QED) is 0.438. The smallest absolute Gasteiger partial charge is 0.242 e. The number of ketones is 1. The third-order valence-electron chi connectivity index (χ3n) is 2.85. The number of benzene rings is 1. The van der Waals surface area contributed by atoms with Crippen molar-refractivity contribution in [1.82, 2.24) is 4.31 Å². The van der Waals surface area contributed by atoms with Gasteiger partial charge in [0.05, 0.1) is 4.90 Å². The molecule has 19 heavy (non-hydrogen) atoms. The molecule has 0 unspecified atom stereocenters. The maximum Gasteiger partial charge on any atom is 0.242 e. The molecule has 0 amide bonds. The number of rotatable bonds is 7. The number of hydrogen-bond acceptors (Lipinski definition) is 3. The van der Waals surface area contributed by atoms with Crippen LogP contribution in [0.5, 0.6) is 0 Å². The van der Waals surface area contributed by atoms with Gasteiger partial charge in [-0.25, -0.2) is 12.7 Å². The maximum absolute atomic E-state index is 12.2. The van der Waals surface area contributed by atoms with Crippen LogP contribution in [0.3, 0.4) is 0 Å². The highest BCUT2D eigenvalue weighted by molar-refractivity contribution is 7.89. The maximum atomic E-state index is 12.2. The van der Waals surface area contributed by atoms with Crippen LogP contribution >= 0.6 is 0 Å². The zero-order chi connectivity index (χ0) is 14.5. The van der Waals surface area contributed by atoms with Gasteiger partial charge < -0.3 is 0 Å². The molecule has 0 heterocycles. The average molecular weight is 281 g/mol. The van der Waals surface area contributed by atoms with E-state index >= 15 is 0 Å². The summed E-state index contributed by atoms with van der Waals surface area (Å²) in [5, 5.41) is 0. The van der Waals surface area contributed by atoms with E-state index in [1.165, 1.54) is 35.5 Å². The molecule has 1 aromatic carbocycles. The first kappa shape index (κ1) is 15.6. The highest BCUT2D eigenvalue weighted by Gasteiger charge is 2.20. The minimum atomic E-state index is -3.47. The Bertz CT molecular complexity index is 547. The molecular formula is C14H19NO3S. The van der Waals surface area contributed by atoms with Crippen molar-refractivity contribution in [3.8, 4) is 0 Å². The van der Waals surface area contributed by atoms with Crippen LogP contribution in [0.1, 0.15) is 30.1 Å². The number of Topliss-reactive ketones (excluding diaryl/α,β-unsaturated/α-hetero) is 1. The van der Waals surface area contributed by atoms with Crippen molar-refractivity contribution in [2.75, 3.05) is 13.6 Å². The lowest BCUT2D eigenvalue weighted by Gasteiger charge is -2.16. The van der Waals surface area contributed by atoms with Gasteiger partial charge in [-0.15, -0.1) is 6.58 Å². The Kier molecular flexibility index (Phi) is 5.44. The summed E-state index contributed by atoms with van der Waals surface area (Å²) in [5.41, 5.74) is 0.508. The van der Waals surface area contributed by atoms with E-state index < -0.39 is 10.0 Å². The number of carbonyl (C=O) groups is 1. The summed E-state index contributed by atoms with van der Waals surface area (Å²) >= 11 is 0. The lowest BCUT2D eigenvalue weighted by atomic mass is 10.2. The summed E-state index contributed by atoms with van der Waals surface area (Å²) in [6.07, 6.45) is 3.29. The Morgan fingerprint density at radius 3 is 2.37 bits per heavy atom. The van der Waals surface area contributed by atoms with Gasteiger partial charge in [0.2, 0.25) is 10.0 Å². The molecule has 104 valence electrons. The van der Waals surface area contributed by atoms with Crippen LogP contribution in [0.25, 0.3) is 0 Å². The van der Waals surface area contributed by atoms with E-state index in [9.17, 15) is 13.2 Å². The molecule has 0 spiro atoms. The molecule has 0 N–H and O–H groups in total. The summed E-state index contributed by atoms with van der Waals surface area (Å²) in [5.74, 6) is -0.0803. The average Bonchev–Trinajstić information content (AvgIpc) is 2.39. The highest BCUT2D eigenvalue weighted by Crippen LogP contribution is 2.16. The van der Waals surface area contributed by atoms with Crippen molar-refractivity contribution in [1.29, 1.82) is 0 Å². The van der Waals surface area contributed by atoms with Crippen LogP contribution in [-0.4, -0.2) is 32.1 Å². The molecule has 0 aliphatic carbocycles. The van der Waals surface area contributed by atoms with Gasteiger partial charge >= 0.3 is 0 Å². The largest absolute Gasteiger partial charge is 0.295 e. The van der Waals surface area contributed by atoms with Gasteiger partial charge in [0.25, 0.3) is 0 Å². The summed E-state index contributed by atoms with van der Waals surface area (Å²) in [7, 11) is -1.92. The van der Waals surface area contributed by atoms with Crippen molar-refractivity contribution in [3.63, 3.8) is 0 Å². The van der Waals surface area contributed by atoms with Crippen LogP contribution in [0, 0.1) is 0 Å². The van der Waals surface area contributed by atoms with Crippen LogP contribution in [-0.2, 0) is 10.0 Å². The lowest BCUT2D eigenvalue weighted by molar-refractivity contribution is 0.101. The second-order valence-corrected chi connectivity index (χ2v) is 6.38. The normalized spacial score (nSPS) is 11.5. The Labute approximate surface area is 114 Å². The molecule has 0 saturated carbocycles. The fourth-order valence-corrected chi connectivity index (χ4v) is 2.83. The first-order chi connectivity index (χ1) is 8.89. The fourth-order valence-electron chi connectivity index (χ4n) is 1.62. The van der Waals surface area contributed by atoms with E-state index in [4.69, 9.17) is 0 Å². The summed E-state index contributed by atoms with van der Waals surface area (Å²) in [6.45, 7) is 5.50. The van der Waals surface area contributed by atoms with Crippen molar-refractivity contribution < 1.29 is 13.2 Å². The van der Waals surface area contributed by atoms with Gasteiger partial charge in [-0.2, -0.15) is 0 Å². The van der Waals surface area contributed by atoms with E-state index in [2.05, 4.69) is 6.58 Å². The highest BCUT2D eigenvalue weighted by atomic mass is 32.2. The van der Waals surface area contributed by atoms with Crippen molar-refractivity contribution >= 4 is 15.8 Å². The Morgan fingerprint density at radius 2 is 1.89 bits per heavy atom. The Hall–Kier alpha value is -1.46. The monoisotopic (exact) mass is 281 g/mol. The molecular weight excluding hydrogens is 262 g/mol. The minimum Gasteiger partial charge on any atom is -0.295 e. The van der Waals surface area contributed by atoms with Gasteiger partial charge in [-0.05, 0) is 31.9 Å². The molecule has 0 aliphatic rings. The number of nitrogens with zero attached hydrogens (tertiary/aromatic N) is 1. The molecule has 1 rings (SSSR count). The van der Waals surface area contributed by atoms with Crippen LogP contribution in [0.4, 0.5) is 0 Å². The van der Waals surface area contributed by atoms with Crippen molar-refractivity contribution in [3.05, 3.63) is 42.5 Å². The second-order valence-electron chi connectivity index (χ2n) is 4.34. The lowest BCUT2D eigenvalue weighted by Crippen LogP contribution is -2.27. The standard InChI is InChI=1S/C14H19NO3S/c1-4-5-6-11-15(3)19(17,18)14-9-7-13(8-10-14)12(2)16/h4,7-10H,1,5-6,11H2,2-3H3. The first-order valence-corrected chi connectivity index (χ1v) is 7.52. The molecule has 0 bridgehead atoms. The first-order valence-electron chi connectivity index (χ1n) is 6.08. The minimum absolute atomic E-state index is 0.0803. The Morgan fingerprint density at radius 1 is 1.32 bits per heavy atom. The topological polar surface area (TPSA) is 54.5 Å². The van der Waals surface area contributed by atoms with Gasteiger partial charge in [0.15, 0.2) is 5.78 Å². The molecule has 0 radical (unpaired) electrons. The Balaban J connectivity index is 2.87. The van der Waals surface area contributed by atoms with E-state index in [-0.39, 0.29) is 10.7 Å². The SMILES string of the molecule is C=CCCCN(C)S(=O)(=O)c1ccc(C(C)=O)cc1. The zero-order valence-corrected chi connectivity index (χ0v) is 12.1. The number of sulfonamides is 1. The third kappa shape index (κ3) is 4.01. The van der Waals surface area contributed by atoms with Crippen molar-refractivity contribution in [2.24, 2.45) is 0 Å². The molecule has 0 atom stereocenters. The summed E-state index contributed by atoms with van der Waals surface area (Å²) < 4.78 is 25.8.